The lowest BCUT2D eigenvalue weighted by Crippen LogP contribution is -2.45. The first-order valence-electron chi connectivity index (χ1n) is 7.11. The van der Waals surface area contributed by atoms with Gasteiger partial charge in [0.25, 0.3) is 0 Å². The van der Waals surface area contributed by atoms with Gasteiger partial charge >= 0.3 is 5.97 Å². The van der Waals surface area contributed by atoms with Gasteiger partial charge in [-0.25, -0.2) is 0 Å². The zero-order valence-electron chi connectivity index (χ0n) is 11.7. The number of piperidine rings is 1. The summed E-state index contributed by atoms with van der Waals surface area (Å²) in [5, 5.41) is 9.48. The third-order valence-electron chi connectivity index (χ3n) is 4.42. The average Bonchev–Trinajstić information content (AvgIpc) is 2.41. The summed E-state index contributed by atoms with van der Waals surface area (Å²) in [6.45, 7) is 6.11. The summed E-state index contributed by atoms with van der Waals surface area (Å²) in [5.74, 6) is -0.496. The standard InChI is InChI=1S/C16H23NO2/c1-12-7-6-10-17(13(12)2)11-15(16(18)19)14-8-4-3-5-9-14/h3-5,8-9,12-13,15H,6-7,10-11H2,1-2H3,(H,18,19). The number of carboxylic acids is 1. The highest BCUT2D eigenvalue weighted by Gasteiger charge is 2.29. The maximum Gasteiger partial charge on any atom is 0.312 e. The second-order valence-corrected chi connectivity index (χ2v) is 5.66. The lowest BCUT2D eigenvalue weighted by Gasteiger charge is -2.39. The Labute approximate surface area is 115 Å². The van der Waals surface area contributed by atoms with Crippen molar-refractivity contribution in [2.75, 3.05) is 13.1 Å². The molecule has 1 N–H and O–H groups in total. The van der Waals surface area contributed by atoms with Gasteiger partial charge in [-0.1, -0.05) is 37.3 Å². The number of benzene rings is 1. The molecule has 3 unspecified atom stereocenters. The number of likely N-dealkylation sites (tertiary alicyclic amines) is 1. The Hall–Kier alpha value is -1.35. The second kappa shape index (κ2) is 6.20. The number of carbonyl (C=O) groups is 1. The molecule has 1 saturated heterocycles. The molecule has 0 spiro atoms. The minimum absolute atomic E-state index is 0.422. The molecule has 1 heterocycles. The Kier molecular flexibility index (Phi) is 4.59. The van der Waals surface area contributed by atoms with Crippen molar-refractivity contribution in [3.8, 4) is 0 Å². The molecule has 0 saturated carbocycles. The average molecular weight is 261 g/mol. The van der Waals surface area contributed by atoms with Gasteiger partial charge in [0, 0.05) is 12.6 Å². The van der Waals surface area contributed by atoms with Crippen LogP contribution in [0.15, 0.2) is 30.3 Å². The molecule has 0 aliphatic carbocycles. The predicted octanol–water partition coefficient (Wildman–Crippen LogP) is 2.98. The molecule has 1 aromatic rings. The Morgan fingerprint density at radius 2 is 2.05 bits per heavy atom. The molecule has 0 amide bonds. The summed E-state index contributed by atoms with van der Waals surface area (Å²) in [6, 6.07) is 10.0. The van der Waals surface area contributed by atoms with Crippen molar-refractivity contribution in [1.29, 1.82) is 0 Å². The number of hydrogen-bond acceptors (Lipinski definition) is 2. The van der Waals surface area contributed by atoms with Gasteiger partial charge in [0.15, 0.2) is 0 Å². The van der Waals surface area contributed by atoms with E-state index in [1.54, 1.807) is 0 Å². The summed E-state index contributed by atoms with van der Waals surface area (Å²) >= 11 is 0. The summed E-state index contributed by atoms with van der Waals surface area (Å²) in [7, 11) is 0. The maximum atomic E-state index is 11.5. The van der Waals surface area contributed by atoms with Gasteiger partial charge in [0.1, 0.15) is 0 Å². The molecule has 1 fully saturated rings. The highest BCUT2D eigenvalue weighted by Crippen LogP contribution is 2.26. The van der Waals surface area contributed by atoms with Crippen molar-refractivity contribution >= 4 is 5.97 Å². The van der Waals surface area contributed by atoms with Crippen molar-refractivity contribution in [3.63, 3.8) is 0 Å². The van der Waals surface area contributed by atoms with Crippen LogP contribution in [0, 0.1) is 5.92 Å². The maximum absolute atomic E-state index is 11.5. The monoisotopic (exact) mass is 261 g/mol. The van der Waals surface area contributed by atoms with E-state index >= 15 is 0 Å². The van der Waals surface area contributed by atoms with Crippen molar-refractivity contribution < 1.29 is 9.90 Å². The van der Waals surface area contributed by atoms with Crippen LogP contribution in [-0.4, -0.2) is 35.1 Å². The van der Waals surface area contributed by atoms with Crippen LogP contribution in [0.3, 0.4) is 0 Å². The van der Waals surface area contributed by atoms with Crippen LogP contribution >= 0.6 is 0 Å². The lowest BCUT2D eigenvalue weighted by molar-refractivity contribution is -0.139. The van der Waals surface area contributed by atoms with Gasteiger partial charge < -0.3 is 5.11 Å². The van der Waals surface area contributed by atoms with Crippen LogP contribution in [-0.2, 0) is 4.79 Å². The first-order chi connectivity index (χ1) is 9.09. The fourth-order valence-corrected chi connectivity index (χ4v) is 2.92. The molecule has 19 heavy (non-hydrogen) atoms. The van der Waals surface area contributed by atoms with E-state index in [9.17, 15) is 9.90 Å². The highest BCUT2D eigenvalue weighted by molar-refractivity contribution is 5.76. The number of hydrogen-bond donors (Lipinski definition) is 1. The molecule has 2 rings (SSSR count). The first kappa shape index (κ1) is 14.1. The molecule has 1 aliphatic heterocycles. The number of rotatable bonds is 4. The van der Waals surface area contributed by atoms with E-state index in [0.717, 1.165) is 12.1 Å². The normalized spacial score (nSPS) is 26.0. The predicted molar refractivity (Wildman–Crippen MR) is 76.3 cm³/mol. The molecule has 104 valence electrons. The van der Waals surface area contributed by atoms with Gasteiger partial charge in [0.2, 0.25) is 0 Å². The largest absolute Gasteiger partial charge is 0.481 e. The van der Waals surface area contributed by atoms with Gasteiger partial charge in [-0.05, 0) is 37.8 Å². The number of aliphatic carboxylic acids is 1. The second-order valence-electron chi connectivity index (χ2n) is 5.66. The summed E-state index contributed by atoms with van der Waals surface area (Å²) in [5.41, 5.74) is 0.903. The highest BCUT2D eigenvalue weighted by atomic mass is 16.4. The third-order valence-corrected chi connectivity index (χ3v) is 4.42. The number of carboxylic acid groups (broad SMARTS) is 1. The molecule has 0 aromatic heterocycles. The molecule has 1 aliphatic rings. The van der Waals surface area contributed by atoms with Crippen molar-refractivity contribution in [2.45, 2.75) is 38.6 Å². The van der Waals surface area contributed by atoms with E-state index in [1.807, 2.05) is 30.3 Å². The Balaban J connectivity index is 2.11. The fourth-order valence-electron chi connectivity index (χ4n) is 2.92. The minimum atomic E-state index is -0.725. The van der Waals surface area contributed by atoms with E-state index in [0.29, 0.717) is 18.5 Å². The topological polar surface area (TPSA) is 40.5 Å². The van der Waals surface area contributed by atoms with Crippen molar-refractivity contribution in [2.24, 2.45) is 5.92 Å². The smallest absolute Gasteiger partial charge is 0.312 e. The van der Waals surface area contributed by atoms with Crippen molar-refractivity contribution in [3.05, 3.63) is 35.9 Å². The summed E-state index contributed by atoms with van der Waals surface area (Å²) in [4.78, 5) is 13.9. The molecular formula is C16H23NO2. The Morgan fingerprint density at radius 1 is 1.37 bits per heavy atom. The van der Waals surface area contributed by atoms with Gasteiger partial charge in [-0.15, -0.1) is 0 Å². The lowest BCUT2D eigenvalue weighted by atomic mass is 9.90. The first-order valence-corrected chi connectivity index (χ1v) is 7.11. The molecule has 3 nitrogen and oxygen atoms in total. The van der Waals surface area contributed by atoms with Crippen LogP contribution in [0.1, 0.15) is 38.2 Å². The fraction of sp³-hybridized carbons (Fsp3) is 0.562. The van der Waals surface area contributed by atoms with E-state index < -0.39 is 11.9 Å². The third kappa shape index (κ3) is 3.35. The zero-order chi connectivity index (χ0) is 13.8. The zero-order valence-corrected chi connectivity index (χ0v) is 11.7. The molecule has 0 radical (unpaired) electrons. The van der Waals surface area contributed by atoms with E-state index in [4.69, 9.17) is 0 Å². The van der Waals surface area contributed by atoms with Crippen LogP contribution in [0.25, 0.3) is 0 Å². The van der Waals surface area contributed by atoms with Crippen molar-refractivity contribution in [1.82, 2.24) is 4.90 Å². The Bertz CT molecular complexity index is 418. The molecule has 0 bridgehead atoms. The molecular weight excluding hydrogens is 238 g/mol. The summed E-state index contributed by atoms with van der Waals surface area (Å²) < 4.78 is 0. The quantitative estimate of drug-likeness (QED) is 0.906. The number of nitrogens with zero attached hydrogens (tertiary/aromatic N) is 1. The Morgan fingerprint density at radius 3 is 2.68 bits per heavy atom. The SMILES string of the molecule is CC1CCCN(CC(C(=O)O)c2ccccc2)C1C. The van der Waals surface area contributed by atoms with Gasteiger partial charge in [0.05, 0.1) is 5.92 Å². The summed E-state index contributed by atoms with van der Waals surface area (Å²) in [6.07, 6.45) is 2.42. The van der Waals surface area contributed by atoms with Crippen LogP contribution < -0.4 is 0 Å². The van der Waals surface area contributed by atoms with Crippen LogP contribution in [0.2, 0.25) is 0 Å². The van der Waals surface area contributed by atoms with E-state index in [1.165, 1.54) is 12.8 Å². The van der Waals surface area contributed by atoms with Crippen LogP contribution in [0.4, 0.5) is 0 Å². The molecule has 3 heteroatoms. The molecule has 1 aromatic carbocycles. The van der Waals surface area contributed by atoms with Crippen LogP contribution in [0.5, 0.6) is 0 Å². The van der Waals surface area contributed by atoms with E-state index in [2.05, 4.69) is 18.7 Å². The van der Waals surface area contributed by atoms with Gasteiger partial charge in [-0.3, -0.25) is 9.69 Å². The molecule has 3 atom stereocenters. The van der Waals surface area contributed by atoms with Gasteiger partial charge in [-0.2, -0.15) is 0 Å². The minimum Gasteiger partial charge on any atom is -0.481 e. The van der Waals surface area contributed by atoms with E-state index in [-0.39, 0.29) is 0 Å².